The summed E-state index contributed by atoms with van der Waals surface area (Å²) in [5, 5.41) is 9.26. The molecule has 0 aromatic carbocycles. The standard InChI is InChI=1S/C24H35N.C2H6/c1-23-13-3-2-6-18(23)7-8-19-21(23)11-15-24-14-4-5-17(12-16-25)20(24)9-10-22(19)24;1-2/h12,18-22H,2-11,13-15H2,1H3;1-2H3/b17-12+;/t18?,19?,20-,21?,22?,23?,24?;/m1./s1. The van der Waals surface area contributed by atoms with E-state index in [0.29, 0.717) is 10.8 Å². The number of hydrogen-bond acceptors (Lipinski definition) is 1. The number of nitrogens with zero attached hydrogens (tertiary/aromatic N) is 1. The van der Waals surface area contributed by atoms with Gasteiger partial charge in [0.05, 0.1) is 6.07 Å². The van der Waals surface area contributed by atoms with Crippen molar-refractivity contribution in [3.63, 3.8) is 0 Å². The smallest absolute Gasteiger partial charge is 0.0911 e. The molecule has 5 fully saturated rings. The second-order valence-corrected chi connectivity index (χ2v) is 10.5. The van der Waals surface area contributed by atoms with Gasteiger partial charge >= 0.3 is 0 Å². The van der Waals surface area contributed by atoms with Crippen molar-refractivity contribution in [2.24, 2.45) is 40.4 Å². The van der Waals surface area contributed by atoms with Crippen LogP contribution in [0.1, 0.15) is 104 Å². The summed E-state index contributed by atoms with van der Waals surface area (Å²) in [5.41, 5.74) is 2.80. The molecule has 0 heterocycles. The molecule has 27 heavy (non-hydrogen) atoms. The van der Waals surface area contributed by atoms with Crippen LogP contribution in [-0.2, 0) is 0 Å². The molecule has 0 aromatic rings. The SMILES string of the molecule is CC.CC12CCCCC1CCC1C2CCC23CCC/C(=C\C#N)[C@H]2CCC13. The lowest BCUT2D eigenvalue weighted by atomic mass is 9.43. The number of fused-ring (bicyclic) bond motifs is 4. The van der Waals surface area contributed by atoms with E-state index in [-0.39, 0.29) is 0 Å². The number of rotatable bonds is 0. The predicted octanol–water partition coefficient (Wildman–Crippen LogP) is 7.68. The zero-order valence-electron chi connectivity index (χ0n) is 18.1. The first kappa shape index (κ1) is 19.5. The Balaban J connectivity index is 0.000000872. The van der Waals surface area contributed by atoms with E-state index < -0.39 is 0 Å². The first-order valence-corrected chi connectivity index (χ1v) is 12.3. The summed E-state index contributed by atoms with van der Waals surface area (Å²) in [6.45, 7) is 6.69. The largest absolute Gasteiger partial charge is 0.193 e. The van der Waals surface area contributed by atoms with Crippen molar-refractivity contribution in [2.75, 3.05) is 0 Å². The van der Waals surface area contributed by atoms with Gasteiger partial charge in [-0.3, -0.25) is 0 Å². The van der Waals surface area contributed by atoms with E-state index in [0.717, 1.165) is 29.6 Å². The lowest BCUT2D eigenvalue weighted by Crippen LogP contribution is -2.54. The van der Waals surface area contributed by atoms with Crippen molar-refractivity contribution >= 4 is 0 Å². The second kappa shape index (κ2) is 7.57. The fourth-order valence-corrected chi connectivity index (χ4v) is 9.20. The number of allylic oxidation sites excluding steroid dienone is 2. The van der Waals surface area contributed by atoms with Gasteiger partial charge in [0.1, 0.15) is 0 Å². The van der Waals surface area contributed by atoms with E-state index in [1.165, 1.54) is 89.0 Å². The number of hydrogen-bond donors (Lipinski definition) is 0. The summed E-state index contributed by atoms with van der Waals surface area (Å²) in [5.74, 6) is 4.82. The first-order valence-electron chi connectivity index (χ1n) is 12.3. The Kier molecular flexibility index (Phi) is 5.48. The monoisotopic (exact) mass is 367 g/mol. The Bertz CT molecular complexity index is 612. The zero-order valence-corrected chi connectivity index (χ0v) is 18.1. The molecule has 0 amide bonds. The molecule has 5 aliphatic rings. The minimum Gasteiger partial charge on any atom is -0.193 e. The van der Waals surface area contributed by atoms with Crippen LogP contribution in [0.5, 0.6) is 0 Å². The fraction of sp³-hybridized carbons (Fsp3) is 0.885. The van der Waals surface area contributed by atoms with Crippen LogP contribution in [-0.4, -0.2) is 0 Å². The van der Waals surface area contributed by atoms with E-state index in [9.17, 15) is 5.26 Å². The van der Waals surface area contributed by atoms with Crippen molar-refractivity contribution < 1.29 is 0 Å². The maximum absolute atomic E-state index is 9.26. The highest BCUT2D eigenvalue weighted by atomic mass is 14.7. The van der Waals surface area contributed by atoms with E-state index >= 15 is 0 Å². The van der Waals surface area contributed by atoms with Crippen LogP contribution in [0.25, 0.3) is 0 Å². The van der Waals surface area contributed by atoms with E-state index in [4.69, 9.17) is 0 Å². The van der Waals surface area contributed by atoms with E-state index in [1.54, 1.807) is 0 Å². The quantitative estimate of drug-likeness (QED) is 0.403. The summed E-state index contributed by atoms with van der Waals surface area (Å²) in [6.07, 6.45) is 20.9. The maximum atomic E-state index is 9.26. The van der Waals surface area contributed by atoms with Gasteiger partial charge in [0, 0.05) is 6.08 Å². The Morgan fingerprint density at radius 3 is 2.56 bits per heavy atom. The topological polar surface area (TPSA) is 23.8 Å². The molecule has 0 aliphatic heterocycles. The maximum Gasteiger partial charge on any atom is 0.0911 e. The summed E-state index contributed by atoms with van der Waals surface area (Å²) < 4.78 is 0. The molecule has 7 atom stereocenters. The highest BCUT2D eigenvalue weighted by Crippen LogP contribution is 2.70. The van der Waals surface area contributed by atoms with Crippen molar-refractivity contribution in [1.29, 1.82) is 5.26 Å². The summed E-state index contributed by atoms with van der Waals surface area (Å²) >= 11 is 0. The molecule has 0 saturated heterocycles. The molecule has 5 rings (SSSR count). The molecular weight excluding hydrogens is 326 g/mol. The molecule has 150 valence electrons. The lowest BCUT2D eigenvalue weighted by Gasteiger charge is -2.62. The third-order valence-electron chi connectivity index (χ3n) is 10.1. The summed E-state index contributed by atoms with van der Waals surface area (Å²) in [7, 11) is 0. The van der Waals surface area contributed by atoms with E-state index in [2.05, 4.69) is 13.0 Å². The molecule has 0 aromatic heterocycles. The van der Waals surface area contributed by atoms with E-state index in [1.807, 2.05) is 19.9 Å². The molecular formula is C26H41N. The minimum absolute atomic E-state index is 0.597. The molecule has 0 bridgehead atoms. The highest BCUT2D eigenvalue weighted by Gasteiger charge is 2.61. The number of nitriles is 1. The Labute approximate surface area is 168 Å². The molecule has 5 aliphatic carbocycles. The van der Waals surface area contributed by atoms with Crippen molar-refractivity contribution in [3.8, 4) is 6.07 Å². The molecule has 0 N–H and O–H groups in total. The van der Waals surface area contributed by atoms with Gasteiger partial charge < -0.3 is 0 Å². The van der Waals surface area contributed by atoms with Gasteiger partial charge in [0.15, 0.2) is 0 Å². The first-order chi connectivity index (χ1) is 13.2. The third kappa shape index (κ3) is 2.84. The lowest BCUT2D eigenvalue weighted by molar-refractivity contribution is -0.118. The predicted molar refractivity (Wildman–Crippen MR) is 113 cm³/mol. The zero-order chi connectivity index (χ0) is 19.1. The van der Waals surface area contributed by atoms with Crippen LogP contribution in [0.3, 0.4) is 0 Å². The Morgan fingerprint density at radius 2 is 1.74 bits per heavy atom. The Morgan fingerprint density at radius 1 is 0.889 bits per heavy atom. The van der Waals surface area contributed by atoms with Crippen LogP contribution >= 0.6 is 0 Å². The van der Waals surface area contributed by atoms with Crippen LogP contribution in [0.15, 0.2) is 11.6 Å². The van der Waals surface area contributed by atoms with Crippen LogP contribution in [0.4, 0.5) is 0 Å². The van der Waals surface area contributed by atoms with Crippen molar-refractivity contribution in [2.45, 2.75) is 104 Å². The normalized spacial score (nSPS) is 49.6. The van der Waals surface area contributed by atoms with Crippen LogP contribution < -0.4 is 0 Å². The van der Waals surface area contributed by atoms with Gasteiger partial charge in [-0.1, -0.05) is 39.2 Å². The van der Waals surface area contributed by atoms with Crippen molar-refractivity contribution in [3.05, 3.63) is 11.6 Å². The summed E-state index contributed by atoms with van der Waals surface area (Å²) in [4.78, 5) is 0. The van der Waals surface area contributed by atoms with Crippen molar-refractivity contribution in [1.82, 2.24) is 0 Å². The molecule has 6 unspecified atom stereocenters. The van der Waals surface area contributed by atoms with Gasteiger partial charge in [-0.15, -0.1) is 0 Å². The fourth-order valence-electron chi connectivity index (χ4n) is 9.20. The van der Waals surface area contributed by atoms with Crippen LogP contribution in [0, 0.1) is 51.8 Å². The van der Waals surface area contributed by atoms with Gasteiger partial charge in [0.25, 0.3) is 0 Å². The third-order valence-corrected chi connectivity index (χ3v) is 10.1. The minimum atomic E-state index is 0.597. The Hall–Kier alpha value is -0.770. The van der Waals surface area contributed by atoms with Gasteiger partial charge in [-0.25, -0.2) is 0 Å². The van der Waals surface area contributed by atoms with Crippen LogP contribution in [0.2, 0.25) is 0 Å². The average Bonchev–Trinajstić information content (AvgIpc) is 3.10. The molecule has 1 spiro atoms. The van der Waals surface area contributed by atoms with Gasteiger partial charge in [-0.2, -0.15) is 5.26 Å². The molecule has 0 radical (unpaired) electrons. The second-order valence-electron chi connectivity index (χ2n) is 10.5. The summed E-state index contributed by atoms with van der Waals surface area (Å²) in [6, 6.07) is 2.38. The van der Waals surface area contributed by atoms with Gasteiger partial charge in [-0.05, 0) is 111 Å². The molecule has 1 heteroatoms. The molecule has 5 saturated carbocycles. The average molecular weight is 368 g/mol. The highest BCUT2D eigenvalue weighted by molar-refractivity contribution is 5.25. The molecule has 1 nitrogen and oxygen atoms in total. The van der Waals surface area contributed by atoms with Gasteiger partial charge in [0.2, 0.25) is 0 Å².